The second kappa shape index (κ2) is 12.4. The maximum absolute atomic E-state index is 15.1. The van der Waals surface area contributed by atoms with Gasteiger partial charge in [-0.25, -0.2) is 9.37 Å². The molecule has 0 spiro atoms. The van der Waals surface area contributed by atoms with Crippen molar-refractivity contribution in [1.29, 1.82) is 0 Å². The van der Waals surface area contributed by atoms with Crippen molar-refractivity contribution < 1.29 is 18.7 Å². The summed E-state index contributed by atoms with van der Waals surface area (Å²) in [6, 6.07) is 18.9. The van der Waals surface area contributed by atoms with Crippen LogP contribution < -0.4 is 15.8 Å². The third-order valence-electron chi connectivity index (χ3n) is 7.55. The van der Waals surface area contributed by atoms with Gasteiger partial charge in [-0.15, -0.1) is 0 Å². The number of carbonyl (C=O) groups excluding carboxylic acids is 2. The lowest BCUT2D eigenvalue weighted by atomic mass is 9.97. The van der Waals surface area contributed by atoms with E-state index in [4.69, 9.17) is 4.74 Å². The summed E-state index contributed by atoms with van der Waals surface area (Å²) in [5, 5.41) is 2.94. The molecular weight excluding hydrogens is 561 g/mol. The van der Waals surface area contributed by atoms with E-state index in [1.54, 1.807) is 41.2 Å². The highest BCUT2D eigenvalue weighted by atomic mass is 19.1. The molecule has 2 amide bonds. The monoisotopic (exact) mass is 597 g/mol. The van der Waals surface area contributed by atoms with Gasteiger partial charge in [-0.1, -0.05) is 30.3 Å². The van der Waals surface area contributed by atoms with E-state index in [2.05, 4.69) is 10.3 Å². The van der Waals surface area contributed by atoms with Gasteiger partial charge >= 0.3 is 0 Å². The van der Waals surface area contributed by atoms with Crippen molar-refractivity contribution in [2.45, 2.75) is 33.2 Å². The number of aryl methyl sites for hydroxylation is 1. The number of ether oxygens (including phenoxy) is 1. The minimum absolute atomic E-state index is 0.00509. The topological polar surface area (TPSA) is 96.8 Å². The van der Waals surface area contributed by atoms with Crippen molar-refractivity contribution in [1.82, 2.24) is 14.5 Å². The summed E-state index contributed by atoms with van der Waals surface area (Å²) < 4.78 is 21.8. The molecule has 5 rings (SSSR count). The lowest BCUT2D eigenvalue weighted by Gasteiger charge is -2.37. The van der Waals surface area contributed by atoms with Crippen LogP contribution >= 0.6 is 0 Å². The third kappa shape index (κ3) is 6.26. The highest BCUT2D eigenvalue weighted by molar-refractivity contribution is 6.07. The minimum Gasteiger partial charge on any atom is -0.378 e. The molecule has 228 valence electrons. The molecule has 0 radical (unpaired) electrons. The molecule has 3 aromatic carbocycles. The zero-order chi connectivity index (χ0) is 31.6. The standard InChI is InChI=1S/C34H36FN5O4/c1-22-25(12-9-13-29(22)40(34(2,3)4)31(41)23-10-7-6-8-11-23)28-21-38(5)33(43)30(37-28)36-24-14-15-26(27(35)20-24)32(42)39-16-18-44-19-17-39/h6-15,20-21H,16-19H2,1-5H3,(H,36,37). The number of nitrogens with one attached hydrogen (secondary N) is 1. The second-order valence-electron chi connectivity index (χ2n) is 11.7. The highest BCUT2D eigenvalue weighted by Gasteiger charge is 2.31. The Labute approximate surface area is 255 Å². The van der Waals surface area contributed by atoms with E-state index < -0.39 is 22.8 Å². The van der Waals surface area contributed by atoms with Crippen LogP contribution in [0.1, 0.15) is 47.1 Å². The fourth-order valence-corrected chi connectivity index (χ4v) is 5.29. The van der Waals surface area contributed by atoms with E-state index in [-0.39, 0.29) is 23.0 Å². The van der Waals surface area contributed by atoms with Gasteiger partial charge in [0.25, 0.3) is 17.4 Å². The Morgan fingerprint density at radius 3 is 2.36 bits per heavy atom. The van der Waals surface area contributed by atoms with Crippen LogP contribution in [0.3, 0.4) is 0 Å². The zero-order valence-corrected chi connectivity index (χ0v) is 25.6. The molecule has 10 heteroatoms. The number of carbonyl (C=O) groups is 2. The minimum atomic E-state index is -0.701. The molecular formula is C34H36FN5O4. The van der Waals surface area contributed by atoms with Gasteiger partial charge in [-0.3, -0.25) is 14.4 Å². The van der Waals surface area contributed by atoms with Crippen LogP contribution in [0, 0.1) is 12.7 Å². The van der Waals surface area contributed by atoms with E-state index >= 15 is 4.39 Å². The molecule has 1 aromatic heterocycles. The summed E-state index contributed by atoms with van der Waals surface area (Å²) in [5.74, 6) is -1.24. The normalized spacial score (nSPS) is 13.5. The molecule has 1 saturated heterocycles. The maximum atomic E-state index is 15.1. The molecule has 0 saturated carbocycles. The molecule has 4 aromatic rings. The number of aromatic nitrogens is 2. The summed E-state index contributed by atoms with van der Waals surface area (Å²) >= 11 is 0. The largest absolute Gasteiger partial charge is 0.378 e. The molecule has 1 N–H and O–H groups in total. The predicted octanol–water partition coefficient (Wildman–Crippen LogP) is 5.56. The van der Waals surface area contributed by atoms with Crippen LogP contribution in [0.15, 0.2) is 77.7 Å². The molecule has 44 heavy (non-hydrogen) atoms. The Morgan fingerprint density at radius 2 is 1.70 bits per heavy atom. The van der Waals surface area contributed by atoms with Gasteiger partial charge < -0.3 is 24.4 Å². The van der Waals surface area contributed by atoms with Gasteiger partial charge in [0.05, 0.1) is 24.5 Å². The number of anilines is 3. The summed E-state index contributed by atoms with van der Waals surface area (Å²) in [4.78, 5) is 47.6. The van der Waals surface area contributed by atoms with E-state index in [0.29, 0.717) is 37.6 Å². The first-order valence-corrected chi connectivity index (χ1v) is 14.5. The first-order chi connectivity index (χ1) is 21.0. The average Bonchev–Trinajstić information content (AvgIpc) is 3.00. The summed E-state index contributed by atoms with van der Waals surface area (Å²) in [7, 11) is 1.61. The number of nitrogens with zero attached hydrogens (tertiary/aromatic N) is 4. The molecule has 9 nitrogen and oxygen atoms in total. The Morgan fingerprint density at radius 1 is 1.00 bits per heavy atom. The lowest BCUT2D eigenvalue weighted by Crippen LogP contribution is -2.46. The van der Waals surface area contributed by atoms with Gasteiger partial charge in [0, 0.05) is 54.4 Å². The Balaban J connectivity index is 1.48. The Hall–Kier alpha value is -4.83. The second-order valence-corrected chi connectivity index (χ2v) is 11.7. The number of hydrogen-bond donors (Lipinski definition) is 1. The van der Waals surface area contributed by atoms with Crippen molar-refractivity contribution >= 4 is 29.0 Å². The quantitative estimate of drug-likeness (QED) is 0.313. The zero-order valence-electron chi connectivity index (χ0n) is 25.6. The van der Waals surface area contributed by atoms with Gasteiger partial charge in [-0.2, -0.15) is 0 Å². The molecule has 1 aliphatic heterocycles. The molecule has 2 heterocycles. The van der Waals surface area contributed by atoms with Crippen LogP contribution in [-0.4, -0.2) is 58.1 Å². The van der Waals surface area contributed by atoms with Crippen molar-refractivity contribution in [3.8, 4) is 11.3 Å². The highest BCUT2D eigenvalue weighted by Crippen LogP contribution is 2.34. The van der Waals surface area contributed by atoms with Crippen LogP contribution in [0.2, 0.25) is 0 Å². The summed E-state index contributed by atoms with van der Waals surface area (Å²) in [5.41, 5.74) is 2.60. The fourth-order valence-electron chi connectivity index (χ4n) is 5.29. The van der Waals surface area contributed by atoms with E-state index in [1.165, 1.54) is 16.7 Å². The van der Waals surface area contributed by atoms with Crippen LogP contribution in [0.5, 0.6) is 0 Å². The fraction of sp³-hybridized carbons (Fsp3) is 0.294. The van der Waals surface area contributed by atoms with Gasteiger partial charge in [0.1, 0.15) is 5.82 Å². The molecule has 1 fully saturated rings. The average molecular weight is 598 g/mol. The number of hydrogen-bond acceptors (Lipinski definition) is 6. The van der Waals surface area contributed by atoms with E-state index in [9.17, 15) is 14.4 Å². The van der Waals surface area contributed by atoms with Gasteiger partial charge in [-0.05, 0) is 69.7 Å². The SMILES string of the molecule is Cc1c(-c2cn(C)c(=O)c(Nc3ccc(C(=O)N4CCOCC4)c(F)c3)n2)cccc1N(C(=O)c1ccccc1)C(C)(C)C. The molecule has 0 unspecified atom stereocenters. The van der Waals surface area contributed by atoms with Crippen molar-refractivity contribution in [3.05, 3.63) is 106 Å². The molecule has 0 atom stereocenters. The Kier molecular flexibility index (Phi) is 8.64. The number of rotatable bonds is 6. The van der Waals surface area contributed by atoms with Crippen molar-refractivity contribution in [2.75, 3.05) is 36.5 Å². The Bertz CT molecular complexity index is 1760. The molecule has 0 bridgehead atoms. The summed E-state index contributed by atoms with van der Waals surface area (Å²) in [6.45, 7) is 9.49. The van der Waals surface area contributed by atoms with Gasteiger partial charge in [0.2, 0.25) is 0 Å². The molecule has 0 aliphatic carbocycles. The van der Waals surface area contributed by atoms with E-state index in [0.717, 1.165) is 16.8 Å². The summed E-state index contributed by atoms with van der Waals surface area (Å²) in [6.07, 6.45) is 1.63. The van der Waals surface area contributed by atoms with Crippen molar-refractivity contribution in [3.63, 3.8) is 0 Å². The lowest BCUT2D eigenvalue weighted by molar-refractivity contribution is 0.0300. The first kappa shape index (κ1) is 30.6. The predicted molar refractivity (Wildman–Crippen MR) is 169 cm³/mol. The number of benzene rings is 3. The maximum Gasteiger partial charge on any atom is 0.293 e. The van der Waals surface area contributed by atoms with Gasteiger partial charge in [0.15, 0.2) is 5.82 Å². The van der Waals surface area contributed by atoms with E-state index in [1.807, 2.05) is 64.1 Å². The van der Waals surface area contributed by atoms with Crippen LogP contribution in [-0.2, 0) is 11.8 Å². The number of morpholine rings is 1. The van der Waals surface area contributed by atoms with Crippen LogP contribution in [0.25, 0.3) is 11.3 Å². The number of amides is 2. The smallest absolute Gasteiger partial charge is 0.293 e. The number of halogens is 1. The molecule has 1 aliphatic rings. The first-order valence-electron chi connectivity index (χ1n) is 14.5. The van der Waals surface area contributed by atoms with Crippen LogP contribution in [0.4, 0.5) is 21.6 Å². The van der Waals surface area contributed by atoms with Crippen molar-refractivity contribution in [2.24, 2.45) is 7.05 Å². The third-order valence-corrected chi connectivity index (χ3v) is 7.55.